The van der Waals surface area contributed by atoms with Crippen molar-refractivity contribution in [1.29, 1.82) is 0 Å². The van der Waals surface area contributed by atoms with Gasteiger partial charge in [-0.2, -0.15) is 0 Å². The summed E-state index contributed by atoms with van der Waals surface area (Å²) in [7, 11) is 0. The van der Waals surface area contributed by atoms with Gasteiger partial charge >= 0.3 is 0 Å². The summed E-state index contributed by atoms with van der Waals surface area (Å²) in [6.45, 7) is 4.14. The van der Waals surface area contributed by atoms with Crippen LogP contribution in [0.15, 0.2) is 0 Å². The Kier molecular flexibility index (Phi) is 1.44. The van der Waals surface area contributed by atoms with Crippen LogP contribution in [0.2, 0.25) is 0 Å². The molecule has 9 heavy (non-hydrogen) atoms. The Morgan fingerprint density at radius 3 is 2.33 bits per heavy atom. The first-order valence-corrected chi connectivity index (χ1v) is 3.64. The van der Waals surface area contributed by atoms with E-state index in [0.29, 0.717) is 0 Å². The van der Waals surface area contributed by atoms with Crippen molar-refractivity contribution in [3.05, 3.63) is 6.04 Å². The summed E-state index contributed by atoms with van der Waals surface area (Å²) < 4.78 is 5.22. The van der Waals surface area contributed by atoms with Crippen LogP contribution in [0.1, 0.15) is 12.8 Å². The second-order valence-corrected chi connectivity index (χ2v) is 2.67. The number of hydrogen-bond acceptors (Lipinski definition) is 2. The van der Waals surface area contributed by atoms with E-state index >= 15 is 0 Å². The second kappa shape index (κ2) is 2.27. The largest absolute Gasteiger partial charge is 0.379 e. The van der Waals surface area contributed by atoms with Gasteiger partial charge in [0.2, 0.25) is 0 Å². The average Bonchev–Trinajstić information content (AvgIpc) is 2.71. The molecule has 51 valence electrons. The van der Waals surface area contributed by atoms with Crippen molar-refractivity contribution in [3.63, 3.8) is 0 Å². The van der Waals surface area contributed by atoms with Gasteiger partial charge in [0.15, 0.2) is 0 Å². The molecule has 1 saturated carbocycles. The Labute approximate surface area is 55.8 Å². The maximum absolute atomic E-state index is 5.22. The molecule has 0 amide bonds. The van der Waals surface area contributed by atoms with E-state index in [9.17, 15) is 0 Å². The van der Waals surface area contributed by atoms with Crippen molar-refractivity contribution < 1.29 is 4.74 Å². The van der Waals surface area contributed by atoms with E-state index in [-0.39, 0.29) is 0 Å². The molecule has 2 aliphatic rings. The first-order chi connectivity index (χ1) is 4.47. The summed E-state index contributed by atoms with van der Waals surface area (Å²) in [4.78, 5) is 2.46. The smallest absolute Gasteiger partial charge is 0.0594 e. The van der Waals surface area contributed by atoms with E-state index in [1.165, 1.54) is 12.8 Å². The van der Waals surface area contributed by atoms with Gasteiger partial charge in [-0.1, -0.05) is 0 Å². The van der Waals surface area contributed by atoms with E-state index < -0.39 is 0 Å². The molecule has 0 spiro atoms. The molecule has 1 saturated heterocycles. The van der Waals surface area contributed by atoms with Gasteiger partial charge in [-0.3, -0.25) is 4.90 Å². The van der Waals surface area contributed by atoms with E-state index in [1.807, 2.05) is 0 Å². The highest BCUT2D eigenvalue weighted by molar-refractivity contribution is 5.04. The molecule has 0 bridgehead atoms. The normalized spacial score (nSPS) is 30.7. The third kappa shape index (κ3) is 1.25. The maximum atomic E-state index is 5.22. The fraction of sp³-hybridized carbons (Fsp3) is 0.857. The summed E-state index contributed by atoms with van der Waals surface area (Å²) in [6.07, 6.45) is 2.69. The molecule has 1 heterocycles. The summed E-state index contributed by atoms with van der Waals surface area (Å²) >= 11 is 0. The summed E-state index contributed by atoms with van der Waals surface area (Å²) in [5, 5.41) is 0. The van der Waals surface area contributed by atoms with Gasteiger partial charge in [-0.25, -0.2) is 0 Å². The topological polar surface area (TPSA) is 12.5 Å². The minimum Gasteiger partial charge on any atom is -0.379 e. The molecule has 0 unspecified atom stereocenters. The van der Waals surface area contributed by atoms with Crippen LogP contribution in [0.4, 0.5) is 0 Å². The van der Waals surface area contributed by atoms with Gasteiger partial charge in [0, 0.05) is 19.1 Å². The molecule has 0 atom stereocenters. The molecule has 1 aliphatic carbocycles. The predicted molar refractivity (Wildman–Crippen MR) is 34.9 cm³/mol. The lowest BCUT2D eigenvalue weighted by atomic mass is 10.4. The molecular weight excluding hydrogens is 114 g/mol. The predicted octanol–water partition coefficient (Wildman–Crippen LogP) is 0.644. The SMILES string of the molecule is C1CN([C]2CC2)CCO1. The Hall–Kier alpha value is -0.0800. The van der Waals surface area contributed by atoms with Gasteiger partial charge in [-0.15, -0.1) is 0 Å². The van der Waals surface area contributed by atoms with Crippen LogP contribution < -0.4 is 0 Å². The van der Waals surface area contributed by atoms with Crippen LogP contribution in [0.3, 0.4) is 0 Å². The summed E-state index contributed by atoms with van der Waals surface area (Å²) in [5.74, 6) is 0. The van der Waals surface area contributed by atoms with E-state index in [1.54, 1.807) is 6.04 Å². The highest BCUT2D eigenvalue weighted by Gasteiger charge is 2.30. The number of nitrogens with zero attached hydrogens (tertiary/aromatic N) is 1. The van der Waals surface area contributed by atoms with Crippen molar-refractivity contribution in [2.75, 3.05) is 26.3 Å². The molecule has 2 rings (SSSR count). The summed E-state index contributed by atoms with van der Waals surface area (Å²) in [6, 6.07) is 1.65. The zero-order valence-corrected chi connectivity index (χ0v) is 5.60. The first-order valence-electron chi connectivity index (χ1n) is 3.64. The highest BCUT2D eigenvalue weighted by atomic mass is 16.5. The third-order valence-electron chi connectivity index (χ3n) is 1.93. The Morgan fingerprint density at radius 2 is 1.78 bits per heavy atom. The van der Waals surface area contributed by atoms with E-state index in [2.05, 4.69) is 4.90 Å². The zero-order valence-electron chi connectivity index (χ0n) is 5.60. The van der Waals surface area contributed by atoms with Crippen LogP contribution in [-0.4, -0.2) is 31.2 Å². The summed E-state index contributed by atoms with van der Waals surface area (Å²) in [5.41, 5.74) is 0. The van der Waals surface area contributed by atoms with E-state index in [4.69, 9.17) is 4.74 Å². The second-order valence-electron chi connectivity index (χ2n) is 2.67. The van der Waals surface area contributed by atoms with Gasteiger partial charge in [0.1, 0.15) is 0 Å². The Balaban J connectivity index is 1.80. The van der Waals surface area contributed by atoms with Gasteiger partial charge in [-0.05, 0) is 12.8 Å². The lowest BCUT2D eigenvalue weighted by Gasteiger charge is -2.25. The molecule has 2 nitrogen and oxygen atoms in total. The zero-order chi connectivity index (χ0) is 6.10. The molecule has 0 aromatic heterocycles. The first kappa shape index (κ1) is 5.69. The molecular formula is C7H12NO. The van der Waals surface area contributed by atoms with Crippen molar-refractivity contribution in [2.45, 2.75) is 12.8 Å². The molecule has 0 aromatic rings. The molecule has 2 heteroatoms. The van der Waals surface area contributed by atoms with Crippen molar-refractivity contribution in [1.82, 2.24) is 4.90 Å². The van der Waals surface area contributed by atoms with Crippen LogP contribution >= 0.6 is 0 Å². The van der Waals surface area contributed by atoms with Crippen LogP contribution in [0, 0.1) is 6.04 Å². The van der Waals surface area contributed by atoms with Crippen LogP contribution in [0.25, 0.3) is 0 Å². The van der Waals surface area contributed by atoms with E-state index in [0.717, 1.165) is 26.3 Å². The fourth-order valence-electron chi connectivity index (χ4n) is 1.25. The van der Waals surface area contributed by atoms with Crippen LogP contribution in [0.5, 0.6) is 0 Å². The number of morpholine rings is 1. The molecule has 1 aliphatic heterocycles. The molecule has 0 aromatic carbocycles. The third-order valence-corrected chi connectivity index (χ3v) is 1.93. The number of ether oxygens (including phenoxy) is 1. The Morgan fingerprint density at radius 1 is 1.11 bits per heavy atom. The molecule has 0 N–H and O–H groups in total. The van der Waals surface area contributed by atoms with Crippen molar-refractivity contribution >= 4 is 0 Å². The monoisotopic (exact) mass is 126 g/mol. The fourth-order valence-corrected chi connectivity index (χ4v) is 1.25. The maximum Gasteiger partial charge on any atom is 0.0594 e. The lowest BCUT2D eigenvalue weighted by molar-refractivity contribution is 0.0485. The van der Waals surface area contributed by atoms with Gasteiger partial charge < -0.3 is 4.74 Å². The lowest BCUT2D eigenvalue weighted by Crippen LogP contribution is -2.34. The average molecular weight is 126 g/mol. The van der Waals surface area contributed by atoms with Crippen LogP contribution in [-0.2, 0) is 4.74 Å². The quantitative estimate of drug-likeness (QED) is 0.511. The van der Waals surface area contributed by atoms with Gasteiger partial charge in [0.25, 0.3) is 0 Å². The minimum absolute atomic E-state index is 0.934. The minimum atomic E-state index is 0.934. The van der Waals surface area contributed by atoms with Gasteiger partial charge in [0.05, 0.1) is 13.2 Å². The number of rotatable bonds is 1. The molecule has 1 radical (unpaired) electrons. The Bertz CT molecular complexity index is 95.1. The van der Waals surface area contributed by atoms with Crippen molar-refractivity contribution in [3.8, 4) is 0 Å². The standard InChI is InChI=1S/C7H12NO/c1-2-7(1)8-3-5-9-6-4-8/h1-6H2. The highest BCUT2D eigenvalue weighted by Crippen LogP contribution is 2.35. The number of hydrogen-bond donors (Lipinski definition) is 0. The molecule has 2 fully saturated rings. The van der Waals surface area contributed by atoms with Crippen molar-refractivity contribution in [2.24, 2.45) is 0 Å².